The largest absolute Gasteiger partial charge is 0.322 e. The van der Waals surface area contributed by atoms with E-state index in [4.69, 9.17) is 4.98 Å². The maximum atomic E-state index is 13.0. The van der Waals surface area contributed by atoms with E-state index in [1.165, 1.54) is 0 Å². The minimum atomic E-state index is -0.135. The maximum absolute atomic E-state index is 13.0. The van der Waals surface area contributed by atoms with Crippen molar-refractivity contribution >= 4 is 45.1 Å². The number of halogens is 1. The van der Waals surface area contributed by atoms with Crippen molar-refractivity contribution in [3.63, 3.8) is 0 Å². The van der Waals surface area contributed by atoms with Crippen molar-refractivity contribution in [3.8, 4) is 11.3 Å². The molecule has 0 unspecified atom stereocenters. The Kier molecular flexibility index (Phi) is 4.90. The van der Waals surface area contributed by atoms with Gasteiger partial charge in [-0.1, -0.05) is 42.5 Å². The van der Waals surface area contributed by atoms with Crippen LogP contribution in [0.4, 0.5) is 5.69 Å². The molecule has 4 rings (SSSR count). The summed E-state index contributed by atoms with van der Waals surface area (Å²) >= 11 is 2.25. The highest BCUT2D eigenvalue weighted by Gasteiger charge is 2.15. The summed E-state index contributed by atoms with van der Waals surface area (Å²) < 4.78 is 1.13. The first-order valence-corrected chi connectivity index (χ1v) is 9.72. The van der Waals surface area contributed by atoms with E-state index in [0.29, 0.717) is 5.56 Å². The predicted molar refractivity (Wildman–Crippen MR) is 119 cm³/mol. The summed E-state index contributed by atoms with van der Waals surface area (Å²) in [6.45, 7) is 2.05. The summed E-state index contributed by atoms with van der Waals surface area (Å²) in [5, 5.41) is 3.85. The molecule has 27 heavy (non-hydrogen) atoms. The van der Waals surface area contributed by atoms with Crippen molar-refractivity contribution in [2.24, 2.45) is 0 Å². The number of hydrogen-bond acceptors (Lipinski definition) is 2. The van der Waals surface area contributed by atoms with Crippen LogP contribution in [0.25, 0.3) is 22.2 Å². The third-order valence-electron chi connectivity index (χ3n) is 4.48. The molecule has 0 atom stereocenters. The highest BCUT2D eigenvalue weighted by atomic mass is 127. The lowest BCUT2D eigenvalue weighted by Crippen LogP contribution is -2.13. The molecule has 0 radical (unpaired) electrons. The lowest BCUT2D eigenvalue weighted by molar-refractivity contribution is 0.102. The number of nitrogens with one attached hydrogen (secondary N) is 1. The Hall–Kier alpha value is -2.73. The Labute approximate surface area is 171 Å². The van der Waals surface area contributed by atoms with Crippen molar-refractivity contribution in [1.82, 2.24) is 4.98 Å². The van der Waals surface area contributed by atoms with Crippen LogP contribution in [0.1, 0.15) is 15.9 Å². The first-order chi connectivity index (χ1) is 13.1. The third-order valence-corrected chi connectivity index (χ3v) is 5.20. The van der Waals surface area contributed by atoms with Crippen LogP contribution in [0.3, 0.4) is 0 Å². The van der Waals surface area contributed by atoms with Gasteiger partial charge in [0.05, 0.1) is 16.8 Å². The number of anilines is 1. The number of rotatable bonds is 3. The fraction of sp³-hybridized carbons (Fsp3) is 0.0435. The number of carbonyl (C=O) groups is 1. The zero-order chi connectivity index (χ0) is 18.8. The molecule has 0 spiro atoms. The number of benzene rings is 3. The fourth-order valence-electron chi connectivity index (χ4n) is 3.09. The van der Waals surface area contributed by atoms with E-state index in [2.05, 4.69) is 40.9 Å². The van der Waals surface area contributed by atoms with Gasteiger partial charge in [-0.15, -0.1) is 0 Å². The van der Waals surface area contributed by atoms with Crippen LogP contribution in [-0.4, -0.2) is 10.9 Å². The molecular formula is C23H17IN2O. The van der Waals surface area contributed by atoms with E-state index >= 15 is 0 Å². The van der Waals surface area contributed by atoms with Gasteiger partial charge in [0.1, 0.15) is 0 Å². The van der Waals surface area contributed by atoms with Gasteiger partial charge in [-0.3, -0.25) is 4.79 Å². The highest BCUT2D eigenvalue weighted by Crippen LogP contribution is 2.27. The standard InChI is InChI=1S/C23H17IN2O/c1-15-6-2-3-7-18(15)22-14-20(19-8-4-5-9-21(19)26-22)23(27)25-17-12-10-16(24)11-13-17/h2-14H,1H3,(H,25,27). The predicted octanol–water partition coefficient (Wildman–Crippen LogP) is 6.07. The molecule has 0 saturated heterocycles. The average Bonchev–Trinajstić information content (AvgIpc) is 2.69. The Bertz CT molecular complexity index is 1140. The summed E-state index contributed by atoms with van der Waals surface area (Å²) in [5.41, 5.74) is 5.18. The first-order valence-electron chi connectivity index (χ1n) is 8.64. The molecule has 0 aliphatic carbocycles. The average molecular weight is 464 g/mol. The van der Waals surface area contributed by atoms with Gasteiger partial charge in [-0.05, 0) is 71.5 Å². The van der Waals surface area contributed by atoms with Crippen LogP contribution in [-0.2, 0) is 0 Å². The van der Waals surface area contributed by atoms with E-state index < -0.39 is 0 Å². The molecule has 4 aromatic rings. The topological polar surface area (TPSA) is 42.0 Å². The van der Waals surface area contributed by atoms with Crippen LogP contribution in [0.2, 0.25) is 0 Å². The number of fused-ring (bicyclic) bond motifs is 1. The zero-order valence-electron chi connectivity index (χ0n) is 14.7. The fourth-order valence-corrected chi connectivity index (χ4v) is 3.45. The van der Waals surface area contributed by atoms with Crippen LogP contribution < -0.4 is 5.32 Å². The molecule has 0 fully saturated rings. The van der Waals surface area contributed by atoms with Crippen molar-refractivity contribution in [3.05, 3.63) is 93.6 Å². The van der Waals surface area contributed by atoms with Gasteiger partial charge >= 0.3 is 0 Å². The molecular weight excluding hydrogens is 447 g/mol. The van der Waals surface area contributed by atoms with Crippen molar-refractivity contribution in [2.75, 3.05) is 5.32 Å². The van der Waals surface area contributed by atoms with E-state index in [1.807, 2.05) is 72.8 Å². The van der Waals surface area contributed by atoms with Gasteiger partial charge < -0.3 is 5.32 Å². The first kappa shape index (κ1) is 17.7. The van der Waals surface area contributed by atoms with Gasteiger partial charge in [0.2, 0.25) is 0 Å². The number of hydrogen-bond donors (Lipinski definition) is 1. The highest BCUT2D eigenvalue weighted by molar-refractivity contribution is 14.1. The van der Waals surface area contributed by atoms with Crippen molar-refractivity contribution in [2.45, 2.75) is 6.92 Å². The smallest absolute Gasteiger partial charge is 0.256 e. The van der Waals surface area contributed by atoms with E-state index in [-0.39, 0.29) is 5.91 Å². The zero-order valence-corrected chi connectivity index (χ0v) is 16.9. The molecule has 1 N–H and O–H groups in total. The summed E-state index contributed by atoms with van der Waals surface area (Å²) in [5.74, 6) is -0.135. The molecule has 0 bridgehead atoms. The second kappa shape index (κ2) is 7.48. The van der Waals surface area contributed by atoms with Gasteiger partial charge in [-0.2, -0.15) is 0 Å². The third kappa shape index (κ3) is 3.71. The lowest BCUT2D eigenvalue weighted by Gasteiger charge is -2.12. The quantitative estimate of drug-likeness (QED) is 0.374. The molecule has 1 aromatic heterocycles. The van der Waals surface area contributed by atoms with Crippen molar-refractivity contribution < 1.29 is 4.79 Å². The normalized spacial score (nSPS) is 10.7. The Morgan fingerprint density at radius 2 is 1.63 bits per heavy atom. The summed E-state index contributed by atoms with van der Waals surface area (Å²) in [4.78, 5) is 17.8. The van der Waals surface area contributed by atoms with Gasteiger partial charge in [-0.25, -0.2) is 4.98 Å². The Balaban J connectivity index is 1.82. The number of para-hydroxylation sites is 1. The van der Waals surface area contributed by atoms with Crippen LogP contribution >= 0.6 is 22.6 Å². The summed E-state index contributed by atoms with van der Waals surface area (Å²) in [6, 6.07) is 25.5. The molecule has 1 heterocycles. The number of carbonyl (C=O) groups excluding carboxylic acids is 1. The van der Waals surface area contributed by atoms with Crippen LogP contribution in [0.5, 0.6) is 0 Å². The molecule has 132 valence electrons. The van der Waals surface area contributed by atoms with Crippen LogP contribution in [0, 0.1) is 10.5 Å². The number of nitrogens with zero attached hydrogens (tertiary/aromatic N) is 1. The summed E-state index contributed by atoms with van der Waals surface area (Å²) in [7, 11) is 0. The van der Waals surface area contributed by atoms with E-state index in [9.17, 15) is 4.79 Å². The number of amides is 1. The molecule has 1 amide bonds. The number of aryl methyl sites for hydroxylation is 1. The maximum Gasteiger partial charge on any atom is 0.256 e. The molecule has 3 nitrogen and oxygen atoms in total. The van der Waals surface area contributed by atoms with Gasteiger partial charge in [0, 0.05) is 20.2 Å². The lowest BCUT2D eigenvalue weighted by atomic mass is 10.0. The SMILES string of the molecule is Cc1ccccc1-c1cc(C(=O)Nc2ccc(I)cc2)c2ccccc2n1. The second-order valence-corrected chi connectivity index (χ2v) is 7.59. The van der Waals surface area contributed by atoms with Crippen LogP contribution in [0.15, 0.2) is 78.9 Å². The van der Waals surface area contributed by atoms with Gasteiger partial charge in [0.15, 0.2) is 0 Å². The Morgan fingerprint density at radius 1 is 0.926 bits per heavy atom. The minimum Gasteiger partial charge on any atom is -0.322 e. The molecule has 0 aliphatic rings. The number of pyridine rings is 1. The minimum absolute atomic E-state index is 0.135. The van der Waals surface area contributed by atoms with E-state index in [0.717, 1.165) is 37.0 Å². The second-order valence-electron chi connectivity index (χ2n) is 6.35. The van der Waals surface area contributed by atoms with Gasteiger partial charge in [0.25, 0.3) is 5.91 Å². The monoisotopic (exact) mass is 464 g/mol. The summed E-state index contributed by atoms with van der Waals surface area (Å²) in [6.07, 6.45) is 0. The molecule has 4 heteroatoms. The van der Waals surface area contributed by atoms with E-state index in [1.54, 1.807) is 0 Å². The van der Waals surface area contributed by atoms with Crippen molar-refractivity contribution in [1.29, 1.82) is 0 Å². The molecule has 3 aromatic carbocycles. The Morgan fingerprint density at radius 3 is 2.41 bits per heavy atom. The number of aromatic nitrogens is 1. The molecule has 0 aliphatic heterocycles. The molecule has 0 saturated carbocycles.